The fourth-order valence-electron chi connectivity index (χ4n) is 2.82. The van der Waals surface area contributed by atoms with Gasteiger partial charge in [0.15, 0.2) is 0 Å². The molecule has 0 heterocycles. The number of amides is 2. The molecule has 4 nitrogen and oxygen atoms in total. The van der Waals surface area contributed by atoms with E-state index in [1.807, 2.05) is 30.1 Å². The van der Waals surface area contributed by atoms with Crippen LogP contribution in [0.2, 0.25) is 0 Å². The second-order valence-electron chi connectivity index (χ2n) is 5.69. The van der Waals surface area contributed by atoms with Crippen molar-refractivity contribution in [1.29, 1.82) is 0 Å². The van der Waals surface area contributed by atoms with Crippen molar-refractivity contribution in [1.82, 2.24) is 4.90 Å². The average Bonchev–Trinajstić information content (AvgIpc) is 2.54. The molecule has 1 aromatic carbocycles. The Kier molecular flexibility index (Phi) is 5.37. The first kappa shape index (κ1) is 15.5. The van der Waals surface area contributed by atoms with Crippen LogP contribution in [0.4, 0.5) is 5.69 Å². The number of anilines is 1. The molecular formula is C17H24N2O2. The summed E-state index contributed by atoms with van der Waals surface area (Å²) in [6.07, 6.45) is 6.30. The van der Waals surface area contributed by atoms with Gasteiger partial charge in [0.25, 0.3) is 5.91 Å². The predicted octanol–water partition coefficient (Wildman–Crippen LogP) is 3.44. The number of nitrogens with one attached hydrogen (secondary N) is 1. The summed E-state index contributed by atoms with van der Waals surface area (Å²) in [4.78, 5) is 25.9. The van der Waals surface area contributed by atoms with Crippen molar-refractivity contribution in [2.75, 3.05) is 12.4 Å². The van der Waals surface area contributed by atoms with Crippen LogP contribution in [0.1, 0.15) is 55.8 Å². The molecule has 1 saturated carbocycles. The first-order valence-corrected chi connectivity index (χ1v) is 7.79. The van der Waals surface area contributed by atoms with Crippen LogP contribution in [-0.4, -0.2) is 29.8 Å². The zero-order valence-electron chi connectivity index (χ0n) is 12.9. The summed E-state index contributed by atoms with van der Waals surface area (Å²) in [7, 11) is 1.88. The predicted molar refractivity (Wildman–Crippen MR) is 84.3 cm³/mol. The molecule has 1 aliphatic rings. The van der Waals surface area contributed by atoms with Crippen molar-refractivity contribution in [2.24, 2.45) is 0 Å². The maximum atomic E-state index is 12.6. The van der Waals surface area contributed by atoms with E-state index in [1.54, 1.807) is 13.0 Å². The van der Waals surface area contributed by atoms with Gasteiger partial charge >= 0.3 is 0 Å². The van der Waals surface area contributed by atoms with Gasteiger partial charge in [-0.25, -0.2) is 0 Å². The zero-order chi connectivity index (χ0) is 15.2. The third-order valence-corrected chi connectivity index (χ3v) is 4.16. The lowest BCUT2D eigenvalue weighted by Crippen LogP contribution is -2.38. The second kappa shape index (κ2) is 7.25. The summed E-state index contributed by atoms with van der Waals surface area (Å²) < 4.78 is 0. The second-order valence-corrected chi connectivity index (χ2v) is 5.69. The first-order valence-electron chi connectivity index (χ1n) is 7.79. The maximum Gasteiger partial charge on any atom is 0.253 e. The van der Waals surface area contributed by atoms with Crippen molar-refractivity contribution >= 4 is 17.5 Å². The molecule has 114 valence electrons. The Morgan fingerprint density at radius 2 is 1.95 bits per heavy atom. The van der Waals surface area contributed by atoms with E-state index in [0.29, 0.717) is 23.7 Å². The molecule has 0 atom stereocenters. The number of benzene rings is 1. The smallest absolute Gasteiger partial charge is 0.253 e. The minimum Gasteiger partial charge on any atom is -0.339 e. The lowest BCUT2D eigenvalue weighted by atomic mass is 9.94. The summed E-state index contributed by atoms with van der Waals surface area (Å²) in [5.74, 6) is -0.00488. The summed E-state index contributed by atoms with van der Waals surface area (Å²) >= 11 is 0. The lowest BCUT2D eigenvalue weighted by Gasteiger charge is -2.31. The molecule has 0 unspecified atom stereocenters. The monoisotopic (exact) mass is 288 g/mol. The van der Waals surface area contributed by atoms with Gasteiger partial charge in [0.05, 0.1) is 0 Å². The summed E-state index contributed by atoms with van der Waals surface area (Å²) in [6, 6.07) is 7.54. The molecule has 0 aliphatic heterocycles. The lowest BCUT2D eigenvalue weighted by molar-refractivity contribution is -0.115. The summed E-state index contributed by atoms with van der Waals surface area (Å²) in [6.45, 7) is 1.81. The quantitative estimate of drug-likeness (QED) is 0.922. The molecule has 1 fully saturated rings. The largest absolute Gasteiger partial charge is 0.339 e. The normalized spacial score (nSPS) is 15.5. The van der Waals surface area contributed by atoms with E-state index in [0.717, 1.165) is 12.8 Å². The highest BCUT2D eigenvalue weighted by atomic mass is 16.2. The van der Waals surface area contributed by atoms with Gasteiger partial charge in [0.2, 0.25) is 5.91 Å². The Morgan fingerprint density at radius 1 is 1.24 bits per heavy atom. The number of hydrogen-bond acceptors (Lipinski definition) is 2. The molecule has 2 rings (SSSR count). The van der Waals surface area contributed by atoms with Gasteiger partial charge < -0.3 is 10.2 Å². The molecule has 4 heteroatoms. The van der Waals surface area contributed by atoms with Crippen LogP contribution in [0.3, 0.4) is 0 Å². The zero-order valence-corrected chi connectivity index (χ0v) is 12.9. The third kappa shape index (κ3) is 4.06. The van der Waals surface area contributed by atoms with E-state index in [4.69, 9.17) is 0 Å². The number of nitrogens with zero attached hydrogens (tertiary/aromatic N) is 1. The maximum absolute atomic E-state index is 12.6. The Balaban J connectivity index is 2.07. The Bertz CT molecular complexity index is 507. The van der Waals surface area contributed by atoms with Crippen LogP contribution in [0.15, 0.2) is 24.3 Å². The molecule has 0 radical (unpaired) electrons. The van der Waals surface area contributed by atoms with Crippen LogP contribution < -0.4 is 5.32 Å². The van der Waals surface area contributed by atoms with Gasteiger partial charge in [-0.1, -0.05) is 32.3 Å². The summed E-state index contributed by atoms with van der Waals surface area (Å²) in [5.41, 5.74) is 1.32. The minimum atomic E-state index is -0.0414. The van der Waals surface area contributed by atoms with Gasteiger partial charge in [-0.15, -0.1) is 0 Å². The third-order valence-electron chi connectivity index (χ3n) is 4.16. The molecular weight excluding hydrogens is 264 g/mol. The molecule has 0 aromatic heterocycles. The van der Waals surface area contributed by atoms with Gasteiger partial charge in [0, 0.05) is 30.8 Å². The van der Waals surface area contributed by atoms with E-state index in [1.165, 1.54) is 19.3 Å². The van der Waals surface area contributed by atoms with E-state index >= 15 is 0 Å². The van der Waals surface area contributed by atoms with E-state index in [-0.39, 0.29) is 11.8 Å². The molecule has 1 aromatic rings. The van der Waals surface area contributed by atoms with Gasteiger partial charge in [-0.2, -0.15) is 0 Å². The van der Waals surface area contributed by atoms with Crippen LogP contribution in [0.25, 0.3) is 0 Å². The van der Waals surface area contributed by atoms with Crippen LogP contribution in [-0.2, 0) is 4.79 Å². The summed E-state index contributed by atoms with van der Waals surface area (Å²) in [5, 5.41) is 2.80. The van der Waals surface area contributed by atoms with Crippen molar-refractivity contribution in [3.8, 4) is 0 Å². The highest BCUT2D eigenvalue weighted by Gasteiger charge is 2.23. The fourth-order valence-corrected chi connectivity index (χ4v) is 2.82. The number of rotatable bonds is 4. The van der Waals surface area contributed by atoms with Gasteiger partial charge in [-0.05, 0) is 31.0 Å². The van der Waals surface area contributed by atoms with E-state index in [2.05, 4.69) is 5.32 Å². The Labute approximate surface area is 126 Å². The molecule has 0 bridgehead atoms. The standard InChI is InChI=1S/C17H24N2O2/c1-3-16(20)18-14-9-7-8-13(12-14)17(21)19(2)15-10-5-4-6-11-15/h7-9,12,15H,3-6,10-11H2,1-2H3,(H,18,20). The van der Waals surface area contributed by atoms with Gasteiger partial charge in [-0.3, -0.25) is 9.59 Å². The Morgan fingerprint density at radius 3 is 2.62 bits per heavy atom. The first-order chi connectivity index (χ1) is 10.1. The van der Waals surface area contributed by atoms with Crippen molar-refractivity contribution in [3.63, 3.8) is 0 Å². The molecule has 0 saturated heterocycles. The topological polar surface area (TPSA) is 49.4 Å². The number of carbonyl (C=O) groups excluding carboxylic acids is 2. The molecule has 21 heavy (non-hydrogen) atoms. The molecule has 2 amide bonds. The Hall–Kier alpha value is -1.84. The van der Waals surface area contributed by atoms with Crippen molar-refractivity contribution in [2.45, 2.75) is 51.5 Å². The van der Waals surface area contributed by atoms with E-state index in [9.17, 15) is 9.59 Å². The molecule has 1 N–H and O–H groups in total. The highest BCUT2D eigenvalue weighted by Crippen LogP contribution is 2.23. The van der Waals surface area contributed by atoms with Crippen molar-refractivity contribution in [3.05, 3.63) is 29.8 Å². The van der Waals surface area contributed by atoms with Crippen LogP contribution in [0, 0.1) is 0 Å². The van der Waals surface area contributed by atoms with E-state index < -0.39 is 0 Å². The van der Waals surface area contributed by atoms with Crippen LogP contribution >= 0.6 is 0 Å². The minimum absolute atomic E-state index is 0.0366. The molecule has 1 aliphatic carbocycles. The number of hydrogen-bond donors (Lipinski definition) is 1. The number of carbonyl (C=O) groups is 2. The van der Waals surface area contributed by atoms with Crippen molar-refractivity contribution < 1.29 is 9.59 Å². The van der Waals surface area contributed by atoms with Gasteiger partial charge in [0.1, 0.15) is 0 Å². The fraction of sp³-hybridized carbons (Fsp3) is 0.529. The highest BCUT2D eigenvalue weighted by molar-refractivity contribution is 5.97. The SMILES string of the molecule is CCC(=O)Nc1cccc(C(=O)N(C)C2CCCCC2)c1. The average molecular weight is 288 g/mol. The van der Waals surface area contributed by atoms with Crippen LogP contribution in [0.5, 0.6) is 0 Å². The molecule has 0 spiro atoms.